The lowest BCUT2D eigenvalue weighted by Crippen LogP contribution is -1.85. The Labute approximate surface area is 94.3 Å². The molecule has 1 unspecified atom stereocenters. The van der Waals surface area contributed by atoms with Crippen LogP contribution in [0.4, 0.5) is 0 Å². The third-order valence-electron chi connectivity index (χ3n) is 2.17. The van der Waals surface area contributed by atoms with E-state index in [0.717, 1.165) is 11.1 Å². The number of hydrogen-bond acceptors (Lipinski definition) is 2. The summed E-state index contributed by atoms with van der Waals surface area (Å²) in [7, 11) is -2.97. The van der Waals surface area contributed by atoms with Gasteiger partial charge in [-0.1, -0.05) is 48.5 Å². The lowest BCUT2D eigenvalue weighted by Gasteiger charge is -2.08. The highest BCUT2D eigenvalue weighted by molar-refractivity contribution is 7.32. The van der Waals surface area contributed by atoms with E-state index in [-0.39, 0.29) is 0 Å². The molecular formula is C12H11O3P. The summed E-state index contributed by atoms with van der Waals surface area (Å²) in [5, 5.41) is 0. The first-order valence-electron chi connectivity index (χ1n) is 4.82. The quantitative estimate of drug-likeness (QED) is 0.830. The predicted octanol–water partition coefficient (Wildman–Crippen LogP) is 3.11. The van der Waals surface area contributed by atoms with Gasteiger partial charge in [0.2, 0.25) is 0 Å². The second-order valence-electron chi connectivity index (χ2n) is 3.23. The fourth-order valence-electron chi connectivity index (χ4n) is 1.51. The van der Waals surface area contributed by atoms with E-state index in [1.54, 1.807) is 12.1 Å². The Morgan fingerprint density at radius 1 is 0.938 bits per heavy atom. The van der Waals surface area contributed by atoms with E-state index < -0.39 is 8.25 Å². The first-order valence-corrected chi connectivity index (χ1v) is 6.09. The lowest BCUT2D eigenvalue weighted by molar-refractivity contribution is 0.411. The van der Waals surface area contributed by atoms with Crippen LogP contribution >= 0.6 is 8.25 Å². The number of para-hydroxylation sites is 1. The molecule has 0 amide bonds. The average molecular weight is 234 g/mol. The Balaban J connectivity index is 2.44. The Hall–Kier alpha value is -1.57. The van der Waals surface area contributed by atoms with Gasteiger partial charge in [-0.3, -0.25) is 0 Å². The van der Waals surface area contributed by atoms with Crippen molar-refractivity contribution in [2.24, 2.45) is 0 Å². The van der Waals surface area contributed by atoms with Crippen LogP contribution < -0.4 is 4.52 Å². The second-order valence-corrected chi connectivity index (χ2v) is 3.97. The van der Waals surface area contributed by atoms with Crippen LogP contribution in [0.2, 0.25) is 0 Å². The topological polar surface area (TPSA) is 46.5 Å². The predicted molar refractivity (Wildman–Crippen MR) is 63.7 cm³/mol. The van der Waals surface area contributed by atoms with Gasteiger partial charge in [-0.15, -0.1) is 0 Å². The van der Waals surface area contributed by atoms with Crippen molar-refractivity contribution in [3.05, 3.63) is 54.6 Å². The molecule has 1 N–H and O–H groups in total. The van der Waals surface area contributed by atoms with E-state index >= 15 is 0 Å². The molecule has 1 atom stereocenters. The molecule has 0 saturated heterocycles. The van der Waals surface area contributed by atoms with E-state index in [1.165, 1.54) is 0 Å². The summed E-state index contributed by atoms with van der Waals surface area (Å²) in [6.07, 6.45) is 0. The summed E-state index contributed by atoms with van der Waals surface area (Å²) < 4.78 is 15.6. The van der Waals surface area contributed by atoms with Crippen molar-refractivity contribution in [3.8, 4) is 16.9 Å². The molecule has 0 radical (unpaired) electrons. The Morgan fingerprint density at radius 2 is 1.56 bits per heavy atom. The van der Waals surface area contributed by atoms with Crippen molar-refractivity contribution in [2.45, 2.75) is 0 Å². The maximum absolute atomic E-state index is 10.7. The number of benzene rings is 2. The summed E-state index contributed by atoms with van der Waals surface area (Å²) >= 11 is 0. The van der Waals surface area contributed by atoms with E-state index in [2.05, 4.69) is 0 Å². The van der Waals surface area contributed by atoms with Gasteiger partial charge in [0.1, 0.15) is 5.75 Å². The van der Waals surface area contributed by atoms with Crippen LogP contribution in [-0.4, -0.2) is 4.89 Å². The Kier molecular flexibility index (Phi) is 3.40. The van der Waals surface area contributed by atoms with Crippen LogP contribution in [0, 0.1) is 0 Å². The van der Waals surface area contributed by atoms with Crippen LogP contribution in [0.25, 0.3) is 11.1 Å². The maximum Gasteiger partial charge on any atom is 0.365 e. The van der Waals surface area contributed by atoms with E-state index in [9.17, 15) is 4.57 Å². The van der Waals surface area contributed by atoms with Gasteiger partial charge in [0.15, 0.2) is 0 Å². The minimum atomic E-state index is -2.97. The van der Waals surface area contributed by atoms with Gasteiger partial charge in [-0.05, 0) is 11.6 Å². The standard InChI is InChI=1S/C12H11O3P/c13-16(14)15-12-9-5-4-8-11(12)10-6-2-1-3-7-10/h1-9,16H,(H,13,14). The highest BCUT2D eigenvalue weighted by Gasteiger charge is 2.06. The molecule has 0 aliphatic heterocycles. The first-order chi connectivity index (χ1) is 7.77. The molecule has 3 nitrogen and oxygen atoms in total. The molecule has 0 spiro atoms. The lowest BCUT2D eigenvalue weighted by atomic mass is 10.1. The molecule has 2 aromatic carbocycles. The normalized spacial score (nSPS) is 12.1. The highest BCUT2D eigenvalue weighted by atomic mass is 31.1. The largest absolute Gasteiger partial charge is 0.426 e. The van der Waals surface area contributed by atoms with E-state index in [0.29, 0.717) is 5.75 Å². The summed E-state index contributed by atoms with van der Waals surface area (Å²) in [4.78, 5) is 8.80. The molecule has 0 fully saturated rings. The SMILES string of the molecule is O=[PH](O)Oc1ccccc1-c1ccccc1. The minimum Gasteiger partial charge on any atom is -0.426 e. The zero-order chi connectivity index (χ0) is 11.4. The van der Waals surface area contributed by atoms with Crippen molar-refractivity contribution >= 4 is 8.25 Å². The minimum absolute atomic E-state index is 0.431. The maximum atomic E-state index is 10.7. The van der Waals surface area contributed by atoms with Gasteiger partial charge >= 0.3 is 8.25 Å². The van der Waals surface area contributed by atoms with Gasteiger partial charge in [-0.25, -0.2) is 4.57 Å². The van der Waals surface area contributed by atoms with Crippen molar-refractivity contribution in [1.29, 1.82) is 0 Å². The molecule has 2 rings (SSSR count). The van der Waals surface area contributed by atoms with Crippen LogP contribution in [0.3, 0.4) is 0 Å². The van der Waals surface area contributed by atoms with Gasteiger partial charge in [0, 0.05) is 5.56 Å². The Bertz CT molecular complexity index is 497. The Morgan fingerprint density at radius 3 is 2.25 bits per heavy atom. The van der Waals surface area contributed by atoms with Crippen LogP contribution in [0.15, 0.2) is 54.6 Å². The molecule has 0 heterocycles. The van der Waals surface area contributed by atoms with E-state index in [1.807, 2.05) is 42.5 Å². The molecule has 2 aromatic rings. The summed E-state index contributed by atoms with van der Waals surface area (Å²) in [5.41, 5.74) is 1.77. The van der Waals surface area contributed by atoms with Gasteiger partial charge in [0.25, 0.3) is 0 Å². The fourth-order valence-corrected chi connectivity index (χ4v) is 1.87. The van der Waals surface area contributed by atoms with Crippen LogP contribution in [-0.2, 0) is 4.57 Å². The third kappa shape index (κ3) is 2.51. The second kappa shape index (κ2) is 4.97. The zero-order valence-electron chi connectivity index (χ0n) is 8.46. The highest BCUT2D eigenvalue weighted by Crippen LogP contribution is 2.33. The molecular weight excluding hydrogens is 223 g/mol. The number of rotatable bonds is 3. The van der Waals surface area contributed by atoms with Crippen LogP contribution in [0.1, 0.15) is 0 Å². The molecule has 16 heavy (non-hydrogen) atoms. The van der Waals surface area contributed by atoms with Crippen molar-refractivity contribution in [2.75, 3.05) is 0 Å². The van der Waals surface area contributed by atoms with Gasteiger partial charge < -0.3 is 9.42 Å². The molecule has 0 saturated carbocycles. The summed E-state index contributed by atoms with van der Waals surface area (Å²) in [6, 6.07) is 16.8. The molecule has 0 bridgehead atoms. The molecule has 0 aliphatic rings. The van der Waals surface area contributed by atoms with Gasteiger partial charge in [-0.2, -0.15) is 0 Å². The molecule has 0 aliphatic carbocycles. The molecule has 82 valence electrons. The monoisotopic (exact) mass is 234 g/mol. The van der Waals surface area contributed by atoms with Gasteiger partial charge in [0.05, 0.1) is 0 Å². The van der Waals surface area contributed by atoms with Crippen LogP contribution in [0.5, 0.6) is 5.75 Å². The third-order valence-corrected chi connectivity index (χ3v) is 2.56. The summed E-state index contributed by atoms with van der Waals surface area (Å²) in [5.74, 6) is 0.431. The van der Waals surface area contributed by atoms with Crippen molar-refractivity contribution in [1.82, 2.24) is 0 Å². The number of hydrogen-bond donors (Lipinski definition) is 1. The van der Waals surface area contributed by atoms with Crippen molar-refractivity contribution in [3.63, 3.8) is 0 Å². The molecule has 0 aromatic heterocycles. The smallest absolute Gasteiger partial charge is 0.365 e. The van der Waals surface area contributed by atoms with Crippen molar-refractivity contribution < 1.29 is 14.0 Å². The first kappa shape index (κ1) is 10.9. The van der Waals surface area contributed by atoms with E-state index in [4.69, 9.17) is 9.42 Å². The average Bonchev–Trinajstić information content (AvgIpc) is 2.30. The molecule has 4 heteroatoms. The zero-order valence-corrected chi connectivity index (χ0v) is 9.46. The fraction of sp³-hybridized carbons (Fsp3) is 0. The summed E-state index contributed by atoms with van der Waals surface area (Å²) in [6.45, 7) is 0.